The standard InChI is InChI=1S/C14H23N5O/c1-3-4-11-18-12(15-2)9-13(19-11)16-7-8-17-14(20)10-5-6-10/h9-10H,3-8H2,1-2H3,(H,17,20)(H2,15,16,18,19). The molecule has 6 heteroatoms. The number of nitrogens with zero attached hydrogens (tertiary/aromatic N) is 2. The highest BCUT2D eigenvalue weighted by Crippen LogP contribution is 2.28. The number of carbonyl (C=O) groups is 1. The number of amides is 1. The fraction of sp³-hybridized carbons (Fsp3) is 0.643. The second-order valence-electron chi connectivity index (χ2n) is 5.05. The third-order valence-electron chi connectivity index (χ3n) is 3.18. The number of hydrogen-bond acceptors (Lipinski definition) is 5. The molecule has 1 heterocycles. The molecule has 1 amide bonds. The highest BCUT2D eigenvalue weighted by Gasteiger charge is 2.28. The molecule has 0 atom stereocenters. The summed E-state index contributed by atoms with van der Waals surface area (Å²) in [5.41, 5.74) is 0. The Morgan fingerprint density at radius 2 is 2.05 bits per heavy atom. The Morgan fingerprint density at radius 3 is 2.70 bits per heavy atom. The first-order valence-corrected chi connectivity index (χ1v) is 7.30. The zero-order valence-electron chi connectivity index (χ0n) is 12.2. The van der Waals surface area contributed by atoms with E-state index in [9.17, 15) is 4.79 Å². The number of hydrogen-bond donors (Lipinski definition) is 3. The van der Waals surface area contributed by atoms with E-state index in [-0.39, 0.29) is 11.8 Å². The van der Waals surface area contributed by atoms with Gasteiger partial charge < -0.3 is 16.0 Å². The first-order valence-electron chi connectivity index (χ1n) is 7.30. The predicted molar refractivity (Wildman–Crippen MR) is 79.8 cm³/mol. The molecule has 2 rings (SSSR count). The van der Waals surface area contributed by atoms with Crippen LogP contribution in [0.5, 0.6) is 0 Å². The van der Waals surface area contributed by atoms with Gasteiger partial charge in [-0.2, -0.15) is 0 Å². The molecular weight excluding hydrogens is 254 g/mol. The second kappa shape index (κ2) is 7.07. The lowest BCUT2D eigenvalue weighted by atomic mass is 10.3. The van der Waals surface area contributed by atoms with Crippen LogP contribution in [0.2, 0.25) is 0 Å². The summed E-state index contributed by atoms with van der Waals surface area (Å²) in [5.74, 6) is 2.89. The van der Waals surface area contributed by atoms with Crippen LogP contribution >= 0.6 is 0 Å². The van der Waals surface area contributed by atoms with Crippen molar-refractivity contribution < 1.29 is 4.79 Å². The van der Waals surface area contributed by atoms with Crippen LogP contribution in [0.1, 0.15) is 32.0 Å². The van der Waals surface area contributed by atoms with Gasteiger partial charge >= 0.3 is 0 Å². The van der Waals surface area contributed by atoms with Crippen LogP contribution in [0.4, 0.5) is 11.6 Å². The molecule has 0 aliphatic heterocycles. The summed E-state index contributed by atoms with van der Waals surface area (Å²) in [4.78, 5) is 20.3. The van der Waals surface area contributed by atoms with E-state index < -0.39 is 0 Å². The summed E-state index contributed by atoms with van der Waals surface area (Å²) in [6.07, 6.45) is 3.96. The quantitative estimate of drug-likeness (QED) is 0.626. The number of anilines is 2. The predicted octanol–water partition coefficient (Wildman–Crippen LogP) is 1.41. The number of carbonyl (C=O) groups excluding carboxylic acids is 1. The number of nitrogens with one attached hydrogen (secondary N) is 3. The highest BCUT2D eigenvalue weighted by atomic mass is 16.2. The fourth-order valence-corrected chi connectivity index (χ4v) is 1.92. The van der Waals surface area contributed by atoms with Gasteiger partial charge in [-0.15, -0.1) is 0 Å². The van der Waals surface area contributed by atoms with Gasteiger partial charge in [0.15, 0.2) is 0 Å². The summed E-state index contributed by atoms with van der Waals surface area (Å²) in [5, 5.41) is 9.19. The van der Waals surface area contributed by atoms with Gasteiger partial charge in [0.05, 0.1) is 0 Å². The van der Waals surface area contributed by atoms with Crippen molar-refractivity contribution in [1.29, 1.82) is 0 Å². The van der Waals surface area contributed by atoms with Gasteiger partial charge in [0.1, 0.15) is 17.5 Å². The van der Waals surface area contributed by atoms with Crippen molar-refractivity contribution in [2.24, 2.45) is 5.92 Å². The second-order valence-corrected chi connectivity index (χ2v) is 5.05. The van der Waals surface area contributed by atoms with E-state index in [4.69, 9.17) is 0 Å². The normalized spacial score (nSPS) is 13.9. The topological polar surface area (TPSA) is 78.9 Å². The molecular formula is C14H23N5O. The number of rotatable bonds is 8. The average Bonchev–Trinajstić information content (AvgIpc) is 3.28. The fourth-order valence-electron chi connectivity index (χ4n) is 1.92. The van der Waals surface area contributed by atoms with Crippen molar-refractivity contribution in [3.05, 3.63) is 11.9 Å². The minimum absolute atomic E-state index is 0.178. The molecule has 0 aromatic carbocycles. The average molecular weight is 277 g/mol. The zero-order chi connectivity index (χ0) is 14.4. The van der Waals surface area contributed by atoms with Gasteiger partial charge in [-0.25, -0.2) is 9.97 Å². The van der Waals surface area contributed by atoms with E-state index in [1.165, 1.54) is 0 Å². The maximum absolute atomic E-state index is 11.5. The molecule has 1 aromatic rings. The van der Waals surface area contributed by atoms with Crippen LogP contribution in [0, 0.1) is 5.92 Å². The largest absolute Gasteiger partial charge is 0.373 e. The van der Waals surface area contributed by atoms with Crippen molar-refractivity contribution in [3.63, 3.8) is 0 Å². The Morgan fingerprint density at radius 1 is 1.30 bits per heavy atom. The Hall–Kier alpha value is -1.85. The van der Waals surface area contributed by atoms with E-state index >= 15 is 0 Å². The lowest BCUT2D eigenvalue weighted by Crippen LogP contribution is -2.30. The first kappa shape index (κ1) is 14.6. The van der Waals surface area contributed by atoms with Crippen LogP contribution in [0.3, 0.4) is 0 Å². The molecule has 1 aliphatic carbocycles. The maximum atomic E-state index is 11.5. The minimum Gasteiger partial charge on any atom is -0.373 e. The van der Waals surface area contributed by atoms with Crippen LogP contribution in [-0.4, -0.2) is 36.0 Å². The molecule has 20 heavy (non-hydrogen) atoms. The van der Waals surface area contributed by atoms with Gasteiger partial charge in [-0.1, -0.05) is 6.92 Å². The van der Waals surface area contributed by atoms with Crippen LogP contribution in [0.25, 0.3) is 0 Å². The van der Waals surface area contributed by atoms with Gasteiger partial charge in [-0.3, -0.25) is 4.79 Å². The molecule has 3 N–H and O–H groups in total. The smallest absolute Gasteiger partial charge is 0.223 e. The molecule has 0 saturated heterocycles. The third kappa shape index (κ3) is 4.36. The number of aromatic nitrogens is 2. The van der Waals surface area contributed by atoms with Crippen molar-refractivity contribution in [3.8, 4) is 0 Å². The Kier molecular flexibility index (Phi) is 5.15. The van der Waals surface area contributed by atoms with Gasteiger partial charge in [0.25, 0.3) is 0 Å². The van der Waals surface area contributed by atoms with Crippen molar-refractivity contribution in [2.45, 2.75) is 32.6 Å². The summed E-state index contributed by atoms with van der Waals surface area (Å²) >= 11 is 0. The van der Waals surface area contributed by atoms with Gasteiger partial charge in [0, 0.05) is 38.5 Å². The van der Waals surface area contributed by atoms with Crippen LogP contribution < -0.4 is 16.0 Å². The zero-order valence-corrected chi connectivity index (χ0v) is 12.2. The van der Waals surface area contributed by atoms with Gasteiger partial charge in [-0.05, 0) is 19.3 Å². The summed E-state index contributed by atoms with van der Waals surface area (Å²) in [7, 11) is 1.84. The molecule has 0 radical (unpaired) electrons. The molecule has 110 valence electrons. The summed E-state index contributed by atoms with van der Waals surface area (Å²) in [6, 6.07) is 1.88. The Labute approximate surface area is 119 Å². The van der Waals surface area contributed by atoms with E-state index in [1.54, 1.807) is 0 Å². The van der Waals surface area contributed by atoms with Crippen molar-refractivity contribution >= 4 is 17.5 Å². The number of aryl methyl sites for hydroxylation is 1. The maximum Gasteiger partial charge on any atom is 0.223 e. The molecule has 6 nitrogen and oxygen atoms in total. The van der Waals surface area contributed by atoms with Gasteiger partial charge in [0.2, 0.25) is 5.91 Å². The summed E-state index contributed by atoms with van der Waals surface area (Å²) < 4.78 is 0. The van der Waals surface area contributed by atoms with E-state index in [2.05, 4.69) is 32.8 Å². The highest BCUT2D eigenvalue weighted by molar-refractivity contribution is 5.80. The molecule has 1 saturated carbocycles. The molecule has 1 aromatic heterocycles. The van der Waals surface area contributed by atoms with Crippen LogP contribution in [0.15, 0.2) is 6.07 Å². The monoisotopic (exact) mass is 277 g/mol. The van der Waals surface area contributed by atoms with Crippen molar-refractivity contribution in [2.75, 3.05) is 30.8 Å². The molecule has 1 aliphatic rings. The molecule has 0 unspecified atom stereocenters. The molecule has 1 fully saturated rings. The first-order chi connectivity index (χ1) is 9.72. The Balaban J connectivity index is 1.81. The van der Waals surface area contributed by atoms with E-state index in [0.717, 1.165) is 43.1 Å². The third-order valence-corrected chi connectivity index (χ3v) is 3.18. The van der Waals surface area contributed by atoms with E-state index in [0.29, 0.717) is 13.1 Å². The van der Waals surface area contributed by atoms with Crippen LogP contribution in [-0.2, 0) is 11.2 Å². The molecule has 0 bridgehead atoms. The van der Waals surface area contributed by atoms with E-state index in [1.807, 2.05) is 13.1 Å². The SMILES string of the molecule is CCCc1nc(NC)cc(NCCNC(=O)C2CC2)n1. The molecule has 0 spiro atoms. The van der Waals surface area contributed by atoms with Crippen molar-refractivity contribution in [1.82, 2.24) is 15.3 Å². The summed E-state index contributed by atoms with van der Waals surface area (Å²) in [6.45, 7) is 3.40. The Bertz CT molecular complexity index is 459. The lowest BCUT2D eigenvalue weighted by Gasteiger charge is -2.10. The lowest BCUT2D eigenvalue weighted by molar-refractivity contribution is -0.122. The minimum atomic E-state index is 0.178.